The van der Waals surface area contributed by atoms with E-state index in [-0.39, 0.29) is 46.3 Å². The van der Waals surface area contributed by atoms with E-state index in [9.17, 15) is 24.3 Å². The van der Waals surface area contributed by atoms with E-state index in [0.717, 1.165) is 117 Å². The molecule has 4 N–H and O–H groups in total. The average molecular weight is 934 g/mol. The van der Waals surface area contributed by atoms with Gasteiger partial charge in [-0.15, -0.1) is 0 Å². The minimum Gasteiger partial charge on any atom is -0.506 e. The van der Waals surface area contributed by atoms with Gasteiger partial charge in [0.2, 0.25) is 17.4 Å². The lowest BCUT2D eigenvalue weighted by Crippen LogP contribution is -2.53. The molecule has 0 radical (unpaired) electrons. The summed E-state index contributed by atoms with van der Waals surface area (Å²) < 4.78 is 13.3. The number of benzene rings is 3. The van der Waals surface area contributed by atoms with Crippen molar-refractivity contribution in [3.05, 3.63) is 105 Å². The van der Waals surface area contributed by atoms with E-state index in [1.807, 2.05) is 37.4 Å². The number of nitrogens with one attached hydrogen (secondary N) is 3. The van der Waals surface area contributed by atoms with Gasteiger partial charge in [-0.1, -0.05) is 82.5 Å². The maximum Gasteiger partial charge on any atom is 0.316 e. The molecule has 12 nitrogen and oxygen atoms in total. The minimum absolute atomic E-state index is 0.00909. The fourth-order valence-corrected chi connectivity index (χ4v) is 11.3. The first-order valence-electron chi connectivity index (χ1n) is 24.9. The van der Waals surface area contributed by atoms with Crippen LogP contribution in [-0.2, 0) is 41.9 Å². The van der Waals surface area contributed by atoms with Gasteiger partial charge in [-0.3, -0.25) is 24.1 Å². The Bertz CT molecular complexity index is 2380. The lowest BCUT2D eigenvalue weighted by molar-refractivity contribution is -0.167. The van der Waals surface area contributed by atoms with Crippen molar-refractivity contribution in [1.82, 2.24) is 20.1 Å². The van der Waals surface area contributed by atoms with Gasteiger partial charge in [-0.25, -0.2) is 0 Å². The van der Waals surface area contributed by atoms with Gasteiger partial charge >= 0.3 is 5.97 Å². The number of hydrogen-bond acceptors (Lipinski definition) is 9. The van der Waals surface area contributed by atoms with Crippen LogP contribution in [-0.4, -0.2) is 91.9 Å². The van der Waals surface area contributed by atoms with E-state index in [1.54, 1.807) is 17.0 Å². The molecule has 1 unspecified atom stereocenters. The second-order valence-corrected chi connectivity index (χ2v) is 25.8. The molecule has 13 heteroatoms. The largest absolute Gasteiger partial charge is 0.506 e. The third kappa shape index (κ3) is 12.6. The summed E-state index contributed by atoms with van der Waals surface area (Å²) in [5, 5.41) is 17.8. The average Bonchev–Trinajstić information content (AvgIpc) is 3.31. The van der Waals surface area contributed by atoms with E-state index in [1.165, 1.54) is 6.07 Å². The Balaban J connectivity index is 0.821. The van der Waals surface area contributed by atoms with Crippen LogP contribution in [0.15, 0.2) is 77.6 Å². The Labute approximate surface area is 398 Å². The smallest absolute Gasteiger partial charge is 0.316 e. The zero-order valence-corrected chi connectivity index (χ0v) is 41.9. The quantitative estimate of drug-likeness (QED) is 0.0386. The van der Waals surface area contributed by atoms with Crippen LogP contribution in [0.1, 0.15) is 126 Å². The standard InChI is InChI=1S/C54H75N5O7Si/c1-53(2,3)67(5,6)66-46(43-23-25-45(60)51-44(43)24-26-49(62)57-51)36-55-35-39-19-21-42(22-20-39)56-48(61)17-8-11-31-58(4)50(63)18-13-15-38-14-12-16-41(34-38)54(29-9-7-10-30-54)52(64)65-47-37-59-32-27-40(47)28-33-59/h12,14,16,19-26,34,40,46-47,55,60H,7-11,13,15,17-18,27-33,35-37H2,1-6H3,(H,56,61)(H,57,62)/t46?,47-/m0/s1. The van der Waals surface area contributed by atoms with Crippen molar-refractivity contribution in [2.75, 3.05) is 45.1 Å². The predicted octanol–water partition coefficient (Wildman–Crippen LogP) is 9.52. The molecule has 3 saturated heterocycles. The molecule has 1 aromatic heterocycles. The highest BCUT2D eigenvalue weighted by Crippen LogP contribution is 2.43. The molecule has 8 rings (SSSR count). The highest BCUT2D eigenvalue weighted by atomic mass is 28.4. The Morgan fingerprint density at radius 1 is 0.925 bits per heavy atom. The van der Waals surface area contributed by atoms with Crippen LogP contribution < -0.4 is 16.2 Å². The van der Waals surface area contributed by atoms with Crippen LogP contribution in [0.5, 0.6) is 5.75 Å². The van der Waals surface area contributed by atoms with Crippen molar-refractivity contribution in [3.8, 4) is 5.75 Å². The number of piperidine rings is 3. The summed E-state index contributed by atoms with van der Waals surface area (Å²) in [7, 11) is -0.373. The van der Waals surface area contributed by atoms with E-state index in [0.29, 0.717) is 50.3 Å². The minimum atomic E-state index is -2.21. The molecule has 4 aromatic rings. The third-order valence-corrected chi connectivity index (χ3v) is 19.7. The molecule has 0 spiro atoms. The van der Waals surface area contributed by atoms with Crippen molar-refractivity contribution in [1.29, 1.82) is 0 Å². The lowest BCUT2D eigenvalue weighted by atomic mass is 9.69. The molecule has 4 aliphatic rings. The Hall–Kier alpha value is -4.82. The maximum absolute atomic E-state index is 14.0. The van der Waals surface area contributed by atoms with Crippen LogP contribution in [0.2, 0.25) is 18.1 Å². The third-order valence-electron chi connectivity index (χ3n) is 15.3. The molecule has 2 atom stereocenters. The predicted molar refractivity (Wildman–Crippen MR) is 269 cm³/mol. The molecule has 2 bridgehead atoms. The molecule has 3 aliphatic heterocycles. The van der Waals surface area contributed by atoms with Crippen LogP contribution in [0.25, 0.3) is 10.9 Å². The topological polar surface area (TPSA) is 153 Å². The number of aromatic amines is 1. The molecule has 362 valence electrons. The molecule has 1 aliphatic carbocycles. The summed E-state index contributed by atoms with van der Waals surface area (Å²) in [4.78, 5) is 59.1. The van der Waals surface area contributed by atoms with Gasteiger partial charge in [0, 0.05) is 63.2 Å². The van der Waals surface area contributed by atoms with E-state index in [4.69, 9.17) is 9.16 Å². The fraction of sp³-hybridized carbons (Fsp3) is 0.556. The van der Waals surface area contributed by atoms with Crippen molar-refractivity contribution in [2.45, 2.75) is 147 Å². The number of amides is 2. The molecule has 2 amide bonds. The number of aromatic nitrogens is 1. The van der Waals surface area contributed by atoms with Crippen molar-refractivity contribution in [2.24, 2.45) is 5.92 Å². The van der Waals surface area contributed by atoms with Crippen LogP contribution in [0, 0.1) is 5.92 Å². The molecule has 67 heavy (non-hydrogen) atoms. The van der Waals surface area contributed by atoms with Crippen LogP contribution in [0.3, 0.4) is 0 Å². The number of carbonyl (C=O) groups excluding carboxylic acids is 3. The molecule has 4 heterocycles. The van der Waals surface area contributed by atoms with Gasteiger partial charge in [0.1, 0.15) is 11.9 Å². The number of pyridine rings is 1. The first-order chi connectivity index (χ1) is 32.0. The van der Waals surface area contributed by atoms with E-state index in [2.05, 4.69) is 78.6 Å². The number of phenolic OH excluding ortho intramolecular Hbond substituents is 1. The SMILES string of the molecule is CN(CCCCC(=O)Nc1ccc(CNCC(O[Si](C)(C)C(C)(C)C)c2ccc(O)c3[nH]c(=O)ccc23)cc1)C(=O)CCCc1cccc(C2(C(=O)O[C@H]3CN4CCC3CC4)CCCCC2)c1. The number of rotatable bonds is 20. The normalized spacial score (nSPS) is 19.8. The van der Waals surface area contributed by atoms with E-state index >= 15 is 0 Å². The highest BCUT2D eigenvalue weighted by molar-refractivity contribution is 6.74. The first kappa shape index (κ1) is 50.1. The van der Waals surface area contributed by atoms with E-state index < -0.39 is 13.7 Å². The number of fused-ring (bicyclic) bond motifs is 4. The number of nitrogens with zero attached hydrogens (tertiary/aromatic N) is 2. The maximum atomic E-state index is 14.0. The van der Waals surface area contributed by atoms with Gasteiger partial charge in [-0.2, -0.15) is 0 Å². The van der Waals surface area contributed by atoms with Crippen LogP contribution >= 0.6 is 0 Å². The number of H-pyrrole nitrogens is 1. The van der Waals surface area contributed by atoms with Gasteiger partial charge in [0.25, 0.3) is 0 Å². The van der Waals surface area contributed by atoms with Gasteiger partial charge in [-0.05, 0) is 135 Å². The highest BCUT2D eigenvalue weighted by Gasteiger charge is 2.46. The number of ether oxygens (including phenoxy) is 1. The summed E-state index contributed by atoms with van der Waals surface area (Å²) >= 11 is 0. The van der Waals surface area contributed by atoms with Gasteiger partial charge < -0.3 is 34.8 Å². The van der Waals surface area contributed by atoms with Crippen molar-refractivity contribution >= 4 is 42.7 Å². The van der Waals surface area contributed by atoms with Crippen LogP contribution in [0.4, 0.5) is 5.69 Å². The summed E-state index contributed by atoms with van der Waals surface area (Å²) in [5.41, 5.74) is 4.45. The second-order valence-electron chi connectivity index (χ2n) is 21.1. The summed E-state index contributed by atoms with van der Waals surface area (Å²) in [6.45, 7) is 15.8. The summed E-state index contributed by atoms with van der Waals surface area (Å²) in [6, 6.07) is 23.0. The number of esters is 1. The number of aryl methyl sites for hydroxylation is 1. The number of phenols is 1. The molecular weight excluding hydrogens is 859 g/mol. The second kappa shape index (κ2) is 22.1. The number of carbonyl (C=O) groups is 3. The number of anilines is 1. The number of hydrogen-bond donors (Lipinski definition) is 4. The summed E-state index contributed by atoms with van der Waals surface area (Å²) in [5.74, 6) is 0.518. The molecule has 3 aromatic carbocycles. The lowest BCUT2D eigenvalue weighted by Gasteiger charge is -2.45. The zero-order valence-electron chi connectivity index (χ0n) is 40.9. The Morgan fingerprint density at radius 3 is 2.37 bits per heavy atom. The Kier molecular flexibility index (Phi) is 16.5. The Morgan fingerprint density at radius 2 is 1.67 bits per heavy atom. The summed E-state index contributed by atoms with van der Waals surface area (Å²) in [6.07, 6.45) is 10.5. The number of unbranched alkanes of at least 4 members (excludes halogenated alkanes) is 1. The fourth-order valence-electron chi connectivity index (χ4n) is 10.0. The van der Waals surface area contributed by atoms with Crippen molar-refractivity contribution in [3.63, 3.8) is 0 Å². The first-order valence-corrected chi connectivity index (χ1v) is 27.8. The van der Waals surface area contributed by atoms with Crippen molar-refractivity contribution < 1.29 is 28.7 Å². The van der Waals surface area contributed by atoms with Gasteiger partial charge in [0.15, 0.2) is 8.32 Å². The zero-order chi connectivity index (χ0) is 47.8. The molecule has 4 fully saturated rings. The van der Waals surface area contributed by atoms with Gasteiger partial charge in [0.05, 0.1) is 17.0 Å². The molecule has 1 saturated carbocycles. The molecular formula is C54H75N5O7Si. The number of aromatic hydroxyl groups is 1. The monoisotopic (exact) mass is 934 g/mol.